The van der Waals surface area contributed by atoms with Gasteiger partial charge in [0.15, 0.2) is 0 Å². The van der Waals surface area contributed by atoms with Gasteiger partial charge in [-0.25, -0.2) is 9.78 Å². The number of fused-ring (bicyclic) bond motifs is 1. The zero-order valence-electron chi connectivity index (χ0n) is 13.0. The van der Waals surface area contributed by atoms with Crippen LogP contribution in [0.3, 0.4) is 0 Å². The molecule has 1 saturated heterocycles. The third kappa shape index (κ3) is 2.27. The maximum atomic E-state index is 10.9. The summed E-state index contributed by atoms with van der Waals surface area (Å²) in [5, 5.41) is 8.97. The highest BCUT2D eigenvalue weighted by Crippen LogP contribution is 2.30. The van der Waals surface area contributed by atoms with Gasteiger partial charge in [0.2, 0.25) is 0 Å². The van der Waals surface area contributed by atoms with E-state index in [9.17, 15) is 4.79 Å². The highest BCUT2D eigenvalue weighted by molar-refractivity contribution is 5.81. The molecule has 118 valence electrons. The largest absolute Gasteiger partial charge is 0.465 e. The normalized spacial score (nSPS) is 16.6. The number of carbonyl (C=O) groups is 1. The molecule has 1 aliphatic heterocycles. The Hall–Kier alpha value is -2.28. The van der Waals surface area contributed by atoms with Crippen LogP contribution in [0.5, 0.6) is 0 Å². The number of aromatic nitrogens is 2. The second-order valence-corrected chi connectivity index (χ2v) is 5.96. The van der Waals surface area contributed by atoms with Gasteiger partial charge in [-0.3, -0.25) is 0 Å². The highest BCUT2D eigenvalue weighted by atomic mass is 16.4. The quantitative estimate of drug-likeness (QED) is 0.894. The number of aryl methyl sites for hydroxylation is 1. The lowest BCUT2D eigenvalue weighted by atomic mass is 10.1. The predicted molar refractivity (Wildman–Crippen MR) is 85.1 cm³/mol. The Morgan fingerprint density at radius 3 is 2.82 bits per heavy atom. The molecule has 2 aromatic rings. The van der Waals surface area contributed by atoms with Crippen molar-refractivity contribution in [2.75, 3.05) is 25.0 Å². The fraction of sp³-hybridized carbons (Fsp3) is 0.467. The van der Waals surface area contributed by atoms with Gasteiger partial charge >= 0.3 is 6.09 Å². The van der Waals surface area contributed by atoms with Crippen LogP contribution in [0.15, 0.2) is 18.3 Å². The number of hydrogen-bond acceptors (Lipinski definition) is 4. The number of hydrogen-bond donors (Lipinski definition) is 2. The average molecular weight is 303 g/mol. The maximum Gasteiger partial charge on any atom is 0.407 e. The fourth-order valence-corrected chi connectivity index (χ4v) is 2.86. The van der Waals surface area contributed by atoms with Crippen molar-refractivity contribution in [2.24, 2.45) is 12.8 Å². The zero-order valence-corrected chi connectivity index (χ0v) is 13.0. The van der Waals surface area contributed by atoms with Crippen molar-refractivity contribution in [3.63, 3.8) is 0 Å². The number of amides is 1. The van der Waals surface area contributed by atoms with Gasteiger partial charge in [0, 0.05) is 39.4 Å². The van der Waals surface area contributed by atoms with E-state index in [0.717, 1.165) is 22.4 Å². The van der Waals surface area contributed by atoms with E-state index in [0.29, 0.717) is 13.1 Å². The first-order valence-electron chi connectivity index (χ1n) is 7.30. The summed E-state index contributed by atoms with van der Waals surface area (Å²) in [7, 11) is 3.95. The van der Waals surface area contributed by atoms with E-state index < -0.39 is 6.09 Å². The number of carboxylic acid groups (broad SMARTS) is 1. The van der Waals surface area contributed by atoms with Crippen molar-refractivity contribution in [3.8, 4) is 0 Å². The van der Waals surface area contributed by atoms with Crippen LogP contribution in [-0.4, -0.2) is 51.8 Å². The summed E-state index contributed by atoms with van der Waals surface area (Å²) in [6.07, 6.45) is 1.11. The molecule has 7 heteroatoms. The minimum absolute atomic E-state index is 0.160. The zero-order chi connectivity index (χ0) is 16.0. The first-order chi connectivity index (χ1) is 10.4. The van der Waals surface area contributed by atoms with Crippen LogP contribution in [0.2, 0.25) is 0 Å². The van der Waals surface area contributed by atoms with Crippen LogP contribution < -0.4 is 10.6 Å². The molecule has 0 bridgehead atoms. The van der Waals surface area contributed by atoms with Gasteiger partial charge in [0.1, 0.15) is 0 Å². The molecule has 3 heterocycles. The molecular formula is C15H21N5O2. The SMILES string of the molecule is CC(N)c1nc2ccn(C)c2cc1N(C)C1CN(C(=O)O)C1. The second kappa shape index (κ2) is 5.17. The molecule has 3 N–H and O–H groups in total. The minimum Gasteiger partial charge on any atom is -0.465 e. The molecule has 0 aromatic carbocycles. The Morgan fingerprint density at radius 1 is 1.55 bits per heavy atom. The molecule has 1 unspecified atom stereocenters. The van der Waals surface area contributed by atoms with Crippen molar-refractivity contribution < 1.29 is 9.90 Å². The molecule has 1 aliphatic rings. The lowest BCUT2D eigenvalue weighted by Crippen LogP contribution is -2.60. The predicted octanol–water partition coefficient (Wildman–Crippen LogP) is 1.39. The molecule has 3 rings (SSSR count). The standard InChI is InChI=1S/C15H21N5O2/c1-9(16)14-13(6-12-11(17-14)4-5-18(12)2)19(3)10-7-20(8-10)15(21)22/h4-6,9-10H,7-8,16H2,1-3H3,(H,21,22). The van der Waals surface area contributed by atoms with Crippen molar-refractivity contribution in [3.05, 3.63) is 24.0 Å². The van der Waals surface area contributed by atoms with Gasteiger partial charge in [-0.05, 0) is 19.1 Å². The molecule has 0 saturated carbocycles. The van der Waals surface area contributed by atoms with Crippen molar-refractivity contribution in [1.82, 2.24) is 14.5 Å². The molecule has 2 aromatic heterocycles. The van der Waals surface area contributed by atoms with Crippen molar-refractivity contribution in [2.45, 2.75) is 19.0 Å². The van der Waals surface area contributed by atoms with E-state index >= 15 is 0 Å². The van der Waals surface area contributed by atoms with E-state index in [1.165, 1.54) is 4.90 Å². The topological polar surface area (TPSA) is 87.6 Å². The van der Waals surface area contributed by atoms with Crippen LogP contribution in [0, 0.1) is 0 Å². The molecule has 1 atom stereocenters. The van der Waals surface area contributed by atoms with Crippen LogP contribution in [0.25, 0.3) is 11.0 Å². The van der Waals surface area contributed by atoms with Crippen LogP contribution >= 0.6 is 0 Å². The fourth-order valence-electron chi connectivity index (χ4n) is 2.86. The number of nitrogens with two attached hydrogens (primary N) is 1. The average Bonchev–Trinajstić information content (AvgIpc) is 2.76. The Balaban J connectivity index is 1.96. The van der Waals surface area contributed by atoms with Crippen LogP contribution in [0.1, 0.15) is 18.7 Å². The Labute approximate surface area is 128 Å². The summed E-state index contributed by atoms with van der Waals surface area (Å²) >= 11 is 0. The van der Waals surface area contributed by atoms with E-state index in [2.05, 4.69) is 11.0 Å². The van der Waals surface area contributed by atoms with Gasteiger partial charge in [0.05, 0.1) is 28.5 Å². The Bertz CT molecular complexity index is 718. The molecule has 0 aliphatic carbocycles. The number of rotatable bonds is 3. The summed E-state index contributed by atoms with van der Waals surface area (Å²) in [5.74, 6) is 0. The number of likely N-dealkylation sites (N-methyl/N-ethyl adjacent to an activating group) is 1. The second-order valence-electron chi connectivity index (χ2n) is 5.96. The van der Waals surface area contributed by atoms with Gasteiger partial charge < -0.3 is 25.2 Å². The lowest BCUT2D eigenvalue weighted by molar-refractivity contribution is 0.105. The Morgan fingerprint density at radius 2 is 2.23 bits per heavy atom. The summed E-state index contributed by atoms with van der Waals surface area (Å²) in [4.78, 5) is 19.1. The molecule has 1 amide bonds. The number of nitrogens with zero attached hydrogens (tertiary/aromatic N) is 4. The van der Waals surface area contributed by atoms with Crippen molar-refractivity contribution in [1.29, 1.82) is 0 Å². The number of pyridine rings is 1. The summed E-state index contributed by atoms with van der Waals surface area (Å²) in [6.45, 7) is 2.93. The van der Waals surface area contributed by atoms with Gasteiger partial charge in [0.25, 0.3) is 0 Å². The number of likely N-dealkylation sites (tertiary alicyclic amines) is 1. The monoisotopic (exact) mass is 303 g/mol. The minimum atomic E-state index is -0.868. The van der Waals surface area contributed by atoms with E-state index in [1.807, 2.05) is 37.8 Å². The smallest absolute Gasteiger partial charge is 0.407 e. The molecule has 1 fully saturated rings. The lowest BCUT2D eigenvalue weighted by Gasteiger charge is -2.43. The summed E-state index contributed by atoms with van der Waals surface area (Å²) in [5.41, 5.74) is 9.87. The Kier molecular flexibility index (Phi) is 3.44. The van der Waals surface area contributed by atoms with Gasteiger partial charge in [-0.1, -0.05) is 0 Å². The van der Waals surface area contributed by atoms with Crippen LogP contribution in [-0.2, 0) is 7.05 Å². The number of anilines is 1. The van der Waals surface area contributed by atoms with Crippen molar-refractivity contribution >= 4 is 22.8 Å². The molecule has 0 radical (unpaired) electrons. The molecular weight excluding hydrogens is 282 g/mol. The van der Waals surface area contributed by atoms with E-state index in [-0.39, 0.29) is 12.1 Å². The highest BCUT2D eigenvalue weighted by Gasteiger charge is 2.34. The van der Waals surface area contributed by atoms with Gasteiger partial charge in [-0.2, -0.15) is 0 Å². The van der Waals surface area contributed by atoms with E-state index in [1.54, 1.807) is 0 Å². The molecule has 7 nitrogen and oxygen atoms in total. The summed E-state index contributed by atoms with van der Waals surface area (Å²) in [6, 6.07) is 4.04. The first kappa shape index (κ1) is 14.6. The molecule has 0 spiro atoms. The third-order valence-corrected chi connectivity index (χ3v) is 4.37. The third-order valence-electron chi connectivity index (χ3n) is 4.37. The molecule has 22 heavy (non-hydrogen) atoms. The van der Waals surface area contributed by atoms with Crippen LogP contribution in [0.4, 0.5) is 10.5 Å². The van der Waals surface area contributed by atoms with E-state index in [4.69, 9.17) is 15.8 Å². The maximum absolute atomic E-state index is 10.9. The van der Waals surface area contributed by atoms with Gasteiger partial charge in [-0.15, -0.1) is 0 Å². The summed E-state index contributed by atoms with van der Waals surface area (Å²) < 4.78 is 2.02. The first-order valence-corrected chi connectivity index (χ1v) is 7.30.